The number of nitrogens with zero attached hydrogens (tertiary/aromatic N) is 2. The molecule has 2 heterocycles. The number of aromatic nitrogens is 2. The SMILES string of the molecule is CNC(C)c1cccn1Cc1nccs1. The third-order valence-corrected chi connectivity index (χ3v) is 3.29. The minimum atomic E-state index is 0.375. The lowest BCUT2D eigenvalue weighted by atomic mass is 10.2. The van der Waals surface area contributed by atoms with Crippen LogP contribution in [0.1, 0.15) is 23.7 Å². The Morgan fingerprint density at radius 3 is 3.13 bits per heavy atom. The van der Waals surface area contributed by atoms with Crippen molar-refractivity contribution in [2.75, 3.05) is 7.05 Å². The zero-order valence-electron chi connectivity index (χ0n) is 8.97. The van der Waals surface area contributed by atoms with Crippen LogP contribution in [-0.4, -0.2) is 16.6 Å². The van der Waals surface area contributed by atoms with Crippen molar-refractivity contribution in [1.29, 1.82) is 0 Å². The molecule has 1 N–H and O–H groups in total. The van der Waals surface area contributed by atoms with Gasteiger partial charge in [0, 0.05) is 29.5 Å². The van der Waals surface area contributed by atoms with E-state index in [1.165, 1.54) is 5.69 Å². The lowest BCUT2D eigenvalue weighted by Crippen LogP contribution is -2.16. The van der Waals surface area contributed by atoms with Gasteiger partial charge in [0.2, 0.25) is 0 Å². The molecule has 0 fully saturated rings. The van der Waals surface area contributed by atoms with E-state index in [-0.39, 0.29) is 0 Å². The minimum Gasteiger partial charge on any atom is -0.343 e. The Morgan fingerprint density at radius 2 is 2.47 bits per heavy atom. The van der Waals surface area contributed by atoms with Crippen molar-refractivity contribution in [3.8, 4) is 0 Å². The van der Waals surface area contributed by atoms with E-state index in [2.05, 4.69) is 40.1 Å². The van der Waals surface area contributed by atoms with E-state index in [4.69, 9.17) is 0 Å². The second kappa shape index (κ2) is 4.59. The molecule has 15 heavy (non-hydrogen) atoms. The quantitative estimate of drug-likeness (QED) is 0.858. The first kappa shape index (κ1) is 10.4. The van der Waals surface area contributed by atoms with Crippen LogP contribution >= 0.6 is 11.3 Å². The Hall–Kier alpha value is -1.13. The summed E-state index contributed by atoms with van der Waals surface area (Å²) in [5, 5.41) is 6.41. The summed E-state index contributed by atoms with van der Waals surface area (Å²) in [7, 11) is 1.98. The predicted octanol–water partition coefficient (Wildman–Crippen LogP) is 2.27. The molecular weight excluding hydrogens is 206 g/mol. The first-order valence-electron chi connectivity index (χ1n) is 5.02. The Balaban J connectivity index is 2.18. The standard InChI is InChI=1S/C11H15N3S/c1-9(12-2)10-4-3-6-14(10)8-11-13-5-7-15-11/h3-7,9,12H,8H2,1-2H3. The van der Waals surface area contributed by atoms with E-state index in [1.54, 1.807) is 11.3 Å². The molecule has 0 aliphatic heterocycles. The van der Waals surface area contributed by atoms with Gasteiger partial charge in [-0.1, -0.05) is 0 Å². The summed E-state index contributed by atoms with van der Waals surface area (Å²) in [5.41, 5.74) is 1.30. The molecule has 3 nitrogen and oxygen atoms in total. The van der Waals surface area contributed by atoms with Gasteiger partial charge in [0.05, 0.1) is 6.54 Å². The average molecular weight is 221 g/mol. The maximum atomic E-state index is 4.29. The fraction of sp³-hybridized carbons (Fsp3) is 0.364. The Kier molecular flexibility index (Phi) is 3.18. The van der Waals surface area contributed by atoms with Gasteiger partial charge in [0.15, 0.2) is 0 Å². The summed E-state index contributed by atoms with van der Waals surface area (Å²) >= 11 is 1.70. The van der Waals surface area contributed by atoms with Gasteiger partial charge in [-0.3, -0.25) is 0 Å². The molecule has 2 aromatic heterocycles. The van der Waals surface area contributed by atoms with Crippen LogP contribution in [0.4, 0.5) is 0 Å². The van der Waals surface area contributed by atoms with Gasteiger partial charge >= 0.3 is 0 Å². The van der Waals surface area contributed by atoms with Gasteiger partial charge in [0.1, 0.15) is 5.01 Å². The van der Waals surface area contributed by atoms with Gasteiger partial charge in [-0.25, -0.2) is 4.98 Å². The van der Waals surface area contributed by atoms with Gasteiger partial charge in [-0.05, 0) is 26.1 Å². The number of rotatable bonds is 4. The van der Waals surface area contributed by atoms with Crippen LogP contribution in [0, 0.1) is 0 Å². The van der Waals surface area contributed by atoms with Crippen LogP contribution in [-0.2, 0) is 6.54 Å². The van der Waals surface area contributed by atoms with Crippen LogP contribution in [0.2, 0.25) is 0 Å². The molecule has 2 rings (SSSR count). The normalized spacial score (nSPS) is 12.9. The maximum Gasteiger partial charge on any atom is 0.112 e. The summed E-state index contributed by atoms with van der Waals surface area (Å²) in [5.74, 6) is 0. The first-order valence-corrected chi connectivity index (χ1v) is 5.90. The largest absolute Gasteiger partial charge is 0.343 e. The molecule has 0 bridgehead atoms. The van der Waals surface area contributed by atoms with E-state index in [0.717, 1.165) is 11.6 Å². The summed E-state index contributed by atoms with van der Waals surface area (Å²) < 4.78 is 2.24. The highest BCUT2D eigenvalue weighted by atomic mass is 32.1. The monoisotopic (exact) mass is 221 g/mol. The predicted molar refractivity (Wildman–Crippen MR) is 63.1 cm³/mol. The summed E-state index contributed by atoms with van der Waals surface area (Å²) in [6, 6.07) is 4.60. The zero-order chi connectivity index (χ0) is 10.7. The van der Waals surface area contributed by atoms with Crippen molar-refractivity contribution >= 4 is 11.3 Å². The Labute approximate surface area is 93.8 Å². The van der Waals surface area contributed by atoms with Crippen LogP contribution in [0.3, 0.4) is 0 Å². The van der Waals surface area contributed by atoms with E-state index in [0.29, 0.717) is 6.04 Å². The van der Waals surface area contributed by atoms with Crippen molar-refractivity contribution in [2.45, 2.75) is 19.5 Å². The van der Waals surface area contributed by atoms with Crippen molar-refractivity contribution in [2.24, 2.45) is 0 Å². The van der Waals surface area contributed by atoms with Gasteiger partial charge in [-0.15, -0.1) is 11.3 Å². The summed E-state index contributed by atoms with van der Waals surface area (Å²) in [6.07, 6.45) is 3.95. The molecular formula is C11H15N3S. The molecule has 80 valence electrons. The van der Waals surface area contributed by atoms with Crippen molar-refractivity contribution in [3.63, 3.8) is 0 Å². The third-order valence-electron chi connectivity index (χ3n) is 2.53. The molecule has 2 aromatic rings. The zero-order valence-corrected chi connectivity index (χ0v) is 9.79. The van der Waals surface area contributed by atoms with E-state index in [9.17, 15) is 0 Å². The lowest BCUT2D eigenvalue weighted by molar-refractivity contribution is 0.589. The van der Waals surface area contributed by atoms with E-state index < -0.39 is 0 Å². The van der Waals surface area contributed by atoms with Crippen molar-refractivity contribution in [3.05, 3.63) is 40.6 Å². The number of nitrogens with one attached hydrogen (secondary N) is 1. The van der Waals surface area contributed by atoms with Crippen LogP contribution in [0.25, 0.3) is 0 Å². The highest BCUT2D eigenvalue weighted by Crippen LogP contribution is 2.15. The molecule has 0 spiro atoms. The van der Waals surface area contributed by atoms with E-state index >= 15 is 0 Å². The third kappa shape index (κ3) is 2.27. The molecule has 0 aliphatic rings. The second-order valence-electron chi connectivity index (χ2n) is 3.50. The molecule has 0 saturated heterocycles. The van der Waals surface area contributed by atoms with Gasteiger partial charge in [-0.2, -0.15) is 0 Å². The fourth-order valence-corrected chi connectivity index (χ4v) is 2.20. The van der Waals surface area contributed by atoms with Crippen molar-refractivity contribution in [1.82, 2.24) is 14.9 Å². The molecule has 1 atom stereocenters. The molecule has 1 unspecified atom stereocenters. The molecule has 4 heteroatoms. The highest BCUT2D eigenvalue weighted by Gasteiger charge is 2.08. The first-order chi connectivity index (χ1) is 7.31. The molecule has 0 aromatic carbocycles. The number of thiazole rings is 1. The Bertz CT molecular complexity index is 405. The topological polar surface area (TPSA) is 29.9 Å². The van der Waals surface area contributed by atoms with E-state index in [1.807, 2.05) is 18.6 Å². The van der Waals surface area contributed by atoms with Gasteiger partial charge < -0.3 is 9.88 Å². The molecule has 0 amide bonds. The lowest BCUT2D eigenvalue weighted by Gasteiger charge is -2.13. The van der Waals surface area contributed by atoms with Crippen LogP contribution in [0.5, 0.6) is 0 Å². The van der Waals surface area contributed by atoms with Crippen molar-refractivity contribution < 1.29 is 0 Å². The average Bonchev–Trinajstić information content (AvgIpc) is 2.88. The molecule has 0 radical (unpaired) electrons. The maximum absolute atomic E-state index is 4.29. The summed E-state index contributed by atoms with van der Waals surface area (Å²) in [6.45, 7) is 3.03. The Morgan fingerprint density at radius 1 is 1.60 bits per heavy atom. The van der Waals surface area contributed by atoms with Gasteiger partial charge in [0.25, 0.3) is 0 Å². The minimum absolute atomic E-state index is 0.375. The number of hydrogen-bond donors (Lipinski definition) is 1. The number of hydrogen-bond acceptors (Lipinski definition) is 3. The van der Waals surface area contributed by atoms with Crippen LogP contribution < -0.4 is 5.32 Å². The molecule has 0 aliphatic carbocycles. The fourth-order valence-electron chi connectivity index (χ4n) is 1.59. The highest BCUT2D eigenvalue weighted by molar-refractivity contribution is 7.09. The summed E-state index contributed by atoms with van der Waals surface area (Å²) in [4.78, 5) is 4.29. The smallest absolute Gasteiger partial charge is 0.112 e. The second-order valence-corrected chi connectivity index (χ2v) is 4.48. The molecule has 0 saturated carbocycles. The van der Waals surface area contributed by atoms with Crippen LogP contribution in [0.15, 0.2) is 29.9 Å².